The monoisotopic (exact) mass is 204 g/mol. The predicted octanol–water partition coefficient (Wildman–Crippen LogP) is 0.541. The summed E-state index contributed by atoms with van der Waals surface area (Å²) in [5.74, 6) is -0.204. The van der Waals surface area contributed by atoms with Crippen LogP contribution in [0.1, 0.15) is 13.3 Å². The van der Waals surface area contributed by atoms with Gasteiger partial charge in [-0.25, -0.2) is 0 Å². The van der Waals surface area contributed by atoms with Crippen molar-refractivity contribution in [1.82, 2.24) is 0 Å². The maximum Gasteiger partial charge on any atom is 0.157 e. The minimum atomic E-state index is -0.805. The largest absolute Gasteiger partial charge is 0.394 e. The van der Waals surface area contributed by atoms with E-state index in [1.54, 1.807) is 0 Å². The van der Waals surface area contributed by atoms with E-state index >= 15 is 0 Å². The summed E-state index contributed by atoms with van der Waals surface area (Å²) >= 11 is 0. The molecule has 0 rings (SSSR count). The summed E-state index contributed by atoms with van der Waals surface area (Å²) in [5, 5.41) is 18.3. The van der Waals surface area contributed by atoms with Crippen LogP contribution in [0.25, 0.3) is 0 Å². The van der Waals surface area contributed by atoms with Gasteiger partial charge in [-0.3, -0.25) is 0 Å². The van der Waals surface area contributed by atoms with Gasteiger partial charge in [0.15, 0.2) is 6.29 Å². The van der Waals surface area contributed by atoms with Gasteiger partial charge < -0.3 is 19.7 Å². The van der Waals surface area contributed by atoms with E-state index in [-0.39, 0.29) is 18.8 Å². The third kappa shape index (κ3) is 4.19. The molecule has 0 aromatic rings. The topological polar surface area (TPSA) is 58.9 Å². The van der Waals surface area contributed by atoms with Gasteiger partial charge in [0, 0.05) is 26.6 Å². The molecule has 14 heavy (non-hydrogen) atoms. The first kappa shape index (κ1) is 13.6. The van der Waals surface area contributed by atoms with E-state index in [0.717, 1.165) is 5.57 Å². The molecule has 4 nitrogen and oxygen atoms in total. The van der Waals surface area contributed by atoms with Crippen LogP contribution >= 0.6 is 0 Å². The molecule has 0 unspecified atom stereocenters. The standard InChI is InChI=1S/C10H20O4/c1-7(2)8(9(12)6-11)5-10(13-3)14-4/h8-12H,1,5-6H2,2-4H3/t8-,9-/m1/s1. The Kier molecular flexibility index (Phi) is 6.74. The van der Waals surface area contributed by atoms with E-state index < -0.39 is 6.10 Å². The Hall–Kier alpha value is -0.420. The summed E-state index contributed by atoms with van der Waals surface area (Å²) < 4.78 is 10.0. The van der Waals surface area contributed by atoms with Crippen LogP contribution in [0.2, 0.25) is 0 Å². The van der Waals surface area contributed by atoms with Crippen molar-refractivity contribution in [2.24, 2.45) is 5.92 Å². The number of aliphatic hydroxyl groups is 2. The Balaban J connectivity index is 4.28. The van der Waals surface area contributed by atoms with Gasteiger partial charge in [-0.2, -0.15) is 0 Å². The average Bonchev–Trinajstić information content (AvgIpc) is 2.18. The van der Waals surface area contributed by atoms with Gasteiger partial charge in [0.05, 0.1) is 12.7 Å². The summed E-state index contributed by atoms with van der Waals surface area (Å²) in [6, 6.07) is 0. The van der Waals surface area contributed by atoms with Crippen LogP contribution in [-0.4, -0.2) is 43.4 Å². The smallest absolute Gasteiger partial charge is 0.157 e. The normalized spacial score (nSPS) is 15.6. The Morgan fingerprint density at radius 3 is 2.14 bits per heavy atom. The second-order valence-corrected chi connectivity index (χ2v) is 3.34. The van der Waals surface area contributed by atoms with E-state index in [1.165, 1.54) is 14.2 Å². The first-order valence-corrected chi connectivity index (χ1v) is 4.56. The average molecular weight is 204 g/mol. The van der Waals surface area contributed by atoms with E-state index in [2.05, 4.69) is 6.58 Å². The highest BCUT2D eigenvalue weighted by Crippen LogP contribution is 2.21. The minimum absolute atomic E-state index is 0.204. The van der Waals surface area contributed by atoms with Crippen LogP contribution in [0, 0.1) is 5.92 Å². The molecule has 2 atom stereocenters. The molecule has 0 saturated carbocycles. The second-order valence-electron chi connectivity index (χ2n) is 3.34. The van der Waals surface area contributed by atoms with Gasteiger partial charge in [-0.05, 0) is 6.92 Å². The van der Waals surface area contributed by atoms with E-state index in [4.69, 9.17) is 14.6 Å². The molecule has 0 aromatic heterocycles. The van der Waals surface area contributed by atoms with E-state index in [9.17, 15) is 5.11 Å². The molecular formula is C10H20O4. The third-order valence-corrected chi connectivity index (χ3v) is 2.26. The SMILES string of the molecule is C=C(C)[C@@H](CC(OC)OC)[C@H](O)CO. The first-order chi connectivity index (χ1) is 6.56. The van der Waals surface area contributed by atoms with Gasteiger partial charge in [0.1, 0.15) is 0 Å². The molecule has 0 amide bonds. The zero-order valence-corrected chi connectivity index (χ0v) is 9.06. The molecular weight excluding hydrogens is 184 g/mol. The summed E-state index contributed by atoms with van der Waals surface area (Å²) in [6.45, 7) is 5.30. The van der Waals surface area contributed by atoms with Gasteiger partial charge >= 0.3 is 0 Å². The lowest BCUT2D eigenvalue weighted by Crippen LogP contribution is -2.30. The van der Waals surface area contributed by atoms with Crippen molar-refractivity contribution in [1.29, 1.82) is 0 Å². The van der Waals surface area contributed by atoms with Gasteiger partial charge in [0.25, 0.3) is 0 Å². The second kappa shape index (κ2) is 6.95. The lowest BCUT2D eigenvalue weighted by atomic mass is 9.92. The summed E-state index contributed by atoms with van der Waals surface area (Å²) in [5.41, 5.74) is 0.811. The van der Waals surface area contributed by atoms with Crippen molar-refractivity contribution >= 4 is 0 Å². The molecule has 0 spiro atoms. The van der Waals surface area contributed by atoms with Crippen LogP contribution in [0.4, 0.5) is 0 Å². The van der Waals surface area contributed by atoms with Crippen molar-refractivity contribution in [2.45, 2.75) is 25.7 Å². The molecule has 0 fully saturated rings. The Labute approximate surface area is 85.1 Å². The van der Waals surface area contributed by atoms with Crippen molar-refractivity contribution in [2.75, 3.05) is 20.8 Å². The molecule has 0 heterocycles. The molecule has 0 aliphatic rings. The van der Waals surface area contributed by atoms with Gasteiger partial charge in [-0.1, -0.05) is 12.2 Å². The fourth-order valence-corrected chi connectivity index (χ4v) is 1.31. The predicted molar refractivity (Wildman–Crippen MR) is 53.8 cm³/mol. The Morgan fingerprint density at radius 2 is 1.86 bits per heavy atom. The number of hydrogen-bond acceptors (Lipinski definition) is 4. The van der Waals surface area contributed by atoms with Crippen molar-refractivity contribution in [3.05, 3.63) is 12.2 Å². The Bertz CT molecular complexity index is 166. The van der Waals surface area contributed by atoms with Crippen LogP contribution in [0.5, 0.6) is 0 Å². The third-order valence-electron chi connectivity index (χ3n) is 2.26. The highest BCUT2D eigenvalue weighted by molar-refractivity contribution is 4.99. The molecule has 0 aromatic carbocycles. The summed E-state index contributed by atoms with van der Waals surface area (Å²) in [6.07, 6.45) is -0.692. The van der Waals surface area contributed by atoms with Crippen molar-refractivity contribution < 1.29 is 19.7 Å². The molecule has 84 valence electrons. The molecule has 0 bridgehead atoms. The van der Waals surface area contributed by atoms with Crippen molar-refractivity contribution in [3.8, 4) is 0 Å². The van der Waals surface area contributed by atoms with E-state index in [1.807, 2.05) is 6.92 Å². The zero-order chi connectivity index (χ0) is 11.1. The fraction of sp³-hybridized carbons (Fsp3) is 0.800. The highest BCUT2D eigenvalue weighted by atomic mass is 16.7. The fourth-order valence-electron chi connectivity index (χ4n) is 1.31. The molecule has 0 radical (unpaired) electrons. The Morgan fingerprint density at radius 1 is 1.36 bits per heavy atom. The maximum atomic E-state index is 9.51. The first-order valence-electron chi connectivity index (χ1n) is 4.56. The number of hydrogen-bond donors (Lipinski definition) is 2. The lowest BCUT2D eigenvalue weighted by Gasteiger charge is -2.25. The molecule has 2 N–H and O–H groups in total. The quantitative estimate of drug-likeness (QED) is 0.469. The van der Waals surface area contributed by atoms with Gasteiger partial charge in [-0.15, -0.1) is 0 Å². The summed E-state index contributed by atoms with van der Waals surface area (Å²) in [4.78, 5) is 0. The molecule has 4 heteroatoms. The molecule has 0 aliphatic carbocycles. The zero-order valence-electron chi connectivity index (χ0n) is 9.06. The maximum absolute atomic E-state index is 9.51. The van der Waals surface area contributed by atoms with E-state index in [0.29, 0.717) is 6.42 Å². The number of methoxy groups -OCH3 is 2. The van der Waals surface area contributed by atoms with Crippen LogP contribution in [0.15, 0.2) is 12.2 Å². The van der Waals surface area contributed by atoms with Crippen LogP contribution in [0.3, 0.4) is 0 Å². The van der Waals surface area contributed by atoms with Crippen LogP contribution < -0.4 is 0 Å². The molecule has 0 aliphatic heterocycles. The number of rotatable bonds is 7. The van der Waals surface area contributed by atoms with Crippen molar-refractivity contribution in [3.63, 3.8) is 0 Å². The number of ether oxygens (including phenoxy) is 2. The minimum Gasteiger partial charge on any atom is -0.394 e. The lowest BCUT2D eigenvalue weighted by molar-refractivity contribution is -0.120. The van der Waals surface area contributed by atoms with Crippen LogP contribution in [-0.2, 0) is 9.47 Å². The summed E-state index contributed by atoms with van der Waals surface area (Å²) in [7, 11) is 3.07. The number of aliphatic hydroxyl groups excluding tert-OH is 2. The highest BCUT2D eigenvalue weighted by Gasteiger charge is 2.23. The molecule has 0 saturated heterocycles. The van der Waals surface area contributed by atoms with Gasteiger partial charge in [0.2, 0.25) is 0 Å².